The molecule has 1 rings (SSSR count). The van der Waals surface area contributed by atoms with Gasteiger partial charge in [0, 0.05) is 27.4 Å². The van der Waals surface area contributed by atoms with Crippen molar-refractivity contribution < 1.29 is 14.3 Å². The minimum Gasteiger partial charge on any atom is -0.335 e. The smallest absolute Gasteiger partial charge is 0.0185 e. The van der Waals surface area contributed by atoms with Crippen LogP contribution in [0.4, 0.5) is 0 Å². The summed E-state index contributed by atoms with van der Waals surface area (Å²) in [5.41, 5.74) is 3.13. The molecule has 0 aromatic heterocycles. The molecule has 0 amide bonds. The third-order valence-electron chi connectivity index (χ3n) is 2.96. The van der Waals surface area contributed by atoms with Gasteiger partial charge in [0.15, 0.2) is 0 Å². The van der Waals surface area contributed by atoms with Gasteiger partial charge in [0.25, 0.3) is 0 Å². The molecule has 0 atom stereocenters. The molecule has 0 fully saturated rings. The van der Waals surface area contributed by atoms with E-state index in [2.05, 4.69) is 71.1 Å². The molecule has 0 heterocycles. The van der Waals surface area contributed by atoms with Crippen LogP contribution < -0.4 is 5.32 Å². The van der Waals surface area contributed by atoms with Gasteiger partial charge in [0.1, 0.15) is 0 Å². The molecule has 0 bridgehead atoms. The summed E-state index contributed by atoms with van der Waals surface area (Å²) < 4.78 is 0. The summed E-state index contributed by atoms with van der Waals surface area (Å²) in [6, 6.07) is 8.42. The molecule has 0 saturated carbocycles. The van der Waals surface area contributed by atoms with Crippen LogP contribution in [0, 0.1) is 38.5 Å². The maximum Gasteiger partial charge on any atom is 0.0185 e. The van der Waals surface area contributed by atoms with Gasteiger partial charge in [-0.05, 0) is 17.3 Å². The predicted molar refractivity (Wildman–Crippen MR) is 96.1 cm³/mol. The molecule has 2 heteroatoms. The Morgan fingerprint density at radius 2 is 1.45 bits per heavy atom. The van der Waals surface area contributed by atoms with Crippen LogP contribution in [0.5, 0.6) is 0 Å². The Balaban J connectivity index is 0. The van der Waals surface area contributed by atoms with E-state index in [0.29, 0.717) is 10.8 Å². The Hall–Kier alpha value is -0.560. The molecule has 1 nitrogen and oxygen atoms in total. The molecule has 0 aliphatic carbocycles. The summed E-state index contributed by atoms with van der Waals surface area (Å²) in [6.07, 6.45) is 3.23. The molecule has 0 saturated heterocycles. The Labute approximate surface area is 147 Å². The molecule has 22 heavy (non-hydrogen) atoms. The molecule has 0 aliphatic heterocycles. The van der Waals surface area contributed by atoms with Gasteiger partial charge in [-0.2, -0.15) is 38.5 Å². The average molecular weight is 533 g/mol. The molecular formula is C20H35AmN-2. The Bertz CT molecular complexity index is 374. The topological polar surface area (TPSA) is 12.0 Å². The maximum atomic E-state index is 3.90. The first kappa shape index (κ1) is 23.7. The number of nitrogens with one attached hydrogen (secondary N) is 1. The number of benzene rings is 1. The van der Waals surface area contributed by atoms with E-state index >= 15 is 0 Å². The van der Waals surface area contributed by atoms with Crippen molar-refractivity contribution in [1.82, 2.24) is 5.32 Å². The largest absolute Gasteiger partial charge is 0.335 e. The number of hydrogen-bond acceptors (Lipinski definition) is 1. The predicted octanol–water partition coefficient (Wildman–Crippen LogP) is 5.65. The molecule has 0 spiro atoms. The Morgan fingerprint density at radius 3 is 1.86 bits per heavy atom. The maximum absolute atomic E-state index is 3.90. The fraction of sp³-hybridized carbons (Fsp3) is 0.600. The van der Waals surface area contributed by atoms with Crippen molar-refractivity contribution in [3.63, 3.8) is 0 Å². The summed E-state index contributed by atoms with van der Waals surface area (Å²) in [7, 11) is 0. The first-order chi connectivity index (χ1) is 9.59. The van der Waals surface area contributed by atoms with E-state index in [9.17, 15) is 0 Å². The molecule has 0 unspecified atom stereocenters. The van der Waals surface area contributed by atoms with Crippen LogP contribution >= 0.6 is 0 Å². The Kier molecular flexibility index (Phi) is 11.9. The minimum absolute atomic E-state index is 0. The molecule has 1 N–H and O–H groups in total. The van der Waals surface area contributed by atoms with Crippen molar-refractivity contribution in [3.05, 3.63) is 48.7 Å². The zero-order valence-corrected chi connectivity index (χ0v) is 18.7. The van der Waals surface area contributed by atoms with E-state index in [1.165, 1.54) is 12.0 Å². The van der Waals surface area contributed by atoms with E-state index in [4.69, 9.17) is 0 Å². The van der Waals surface area contributed by atoms with Gasteiger partial charge in [0.05, 0.1) is 0 Å². The van der Waals surface area contributed by atoms with Crippen LogP contribution in [-0.2, 0) is 6.54 Å². The van der Waals surface area contributed by atoms with Gasteiger partial charge in [0.2, 0.25) is 0 Å². The van der Waals surface area contributed by atoms with Gasteiger partial charge in [-0.15, -0.1) is 12.1 Å². The number of hydrogen-bond donors (Lipinski definition) is 1. The van der Waals surface area contributed by atoms with Gasteiger partial charge in [-0.25, -0.2) is 0 Å². The second-order valence-corrected chi connectivity index (χ2v) is 7.90. The molecule has 1 radical (unpaired) electrons. The fourth-order valence-corrected chi connectivity index (χ4v) is 2.70. The Morgan fingerprint density at radius 1 is 1.00 bits per heavy atom. The SMILES string of the molecule is C[CH-]C.[Am].[CH2-]c1ccc(CNCC(C)(C)CC(C)(C)C)cc1. The second-order valence-electron chi connectivity index (χ2n) is 7.90. The van der Waals surface area contributed by atoms with Crippen LogP contribution in [0.1, 0.15) is 66.0 Å². The molecular weight excluding hydrogens is 497 g/mol. The van der Waals surface area contributed by atoms with Crippen molar-refractivity contribution in [2.45, 2.75) is 61.4 Å². The molecule has 1 aromatic carbocycles. The zero-order valence-electron chi connectivity index (χ0n) is 15.6. The summed E-state index contributed by atoms with van der Waals surface area (Å²) >= 11 is 0. The molecule has 0 aliphatic rings. The van der Waals surface area contributed by atoms with Crippen LogP contribution in [0.25, 0.3) is 0 Å². The zero-order chi connectivity index (χ0) is 16.5. The van der Waals surface area contributed by atoms with E-state index < -0.39 is 0 Å². The average Bonchev–Trinajstić information content (AvgIpc) is 2.29. The summed E-state index contributed by atoms with van der Waals surface area (Å²) in [5.74, 6) is 0. The quantitative estimate of drug-likeness (QED) is 0.484. The summed E-state index contributed by atoms with van der Waals surface area (Å²) in [5, 5.41) is 3.56. The van der Waals surface area contributed by atoms with Gasteiger partial charge < -0.3 is 11.7 Å². The van der Waals surface area contributed by atoms with Gasteiger partial charge >= 0.3 is 0 Å². The first-order valence-corrected chi connectivity index (χ1v) is 7.95. The monoisotopic (exact) mass is 530 g/mol. The standard InChI is InChI=1S/C17H28N.C3H7.Am/c1-14-7-9-15(10-8-14)11-18-13-17(5,6)12-16(2,3)4;1-3-2;/h7-10,18H,1,11-13H2,2-6H3;3H,1-2H3;/q2*-1;. The first-order valence-electron chi connectivity index (χ1n) is 7.95. The van der Waals surface area contributed by atoms with Gasteiger partial charge in [-0.3, -0.25) is 0 Å². The minimum atomic E-state index is 0. The number of rotatable bonds is 5. The van der Waals surface area contributed by atoms with Crippen LogP contribution in [0.15, 0.2) is 24.3 Å². The van der Waals surface area contributed by atoms with Crippen LogP contribution in [0.2, 0.25) is 0 Å². The summed E-state index contributed by atoms with van der Waals surface area (Å²) in [6.45, 7) is 21.5. The van der Waals surface area contributed by atoms with Gasteiger partial charge in [-0.1, -0.05) is 40.2 Å². The van der Waals surface area contributed by atoms with Crippen LogP contribution in [0.3, 0.4) is 0 Å². The summed E-state index contributed by atoms with van der Waals surface area (Å²) in [4.78, 5) is 0. The molecule has 1 aromatic rings. The third-order valence-corrected chi connectivity index (χ3v) is 2.96. The normalized spacial score (nSPS) is 11.2. The third kappa shape index (κ3) is 13.1. The van der Waals surface area contributed by atoms with Crippen LogP contribution in [-0.4, -0.2) is 6.54 Å². The van der Waals surface area contributed by atoms with E-state index in [-0.39, 0.29) is 14.3 Å². The van der Waals surface area contributed by atoms with E-state index in [1.807, 2.05) is 20.3 Å². The second kappa shape index (κ2) is 11.0. The van der Waals surface area contributed by atoms with Crippen molar-refractivity contribution in [1.29, 1.82) is 0 Å². The van der Waals surface area contributed by atoms with Crippen molar-refractivity contribution in [2.75, 3.05) is 6.54 Å². The van der Waals surface area contributed by atoms with Crippen molar-refractivity contribution >= 4 is 0 Å². The van der Waals surface area contributed by atoms with Crippen molar-refractivity contribution in [2.24, 2.45) is 10.8 Å². The van der Waals surface area contributed by atoms with E-state index in [0.717, 1.165) is 18.7 Å². The fourth-order valence-electron chi connectivity index (χ4n) is 2.70. The van der Waals surface area contributed by atoms with E-state index in [1.54, 1.807) is 0 Å². The van der Waals surface area contributed by atoms with Crippen molar-refractivity contribution in [3.8, 4) is 0 Å². The molecule has 129 valence electrons.